The molecule has 1 aromatic carbocycles. The van der Waals surface area contributed by atoms with E-state index in [1.54, 1.807) is 36.7 Å². The highest BCUT2D eigenvalue weighted by Gasteiger charge is 2.10. The van der Waals surface area contributed by atoms with Crippen LogP contribution >= 0.6 is 0 Å². The summed E-state index contributed by atoms with van der Waals surface area (Å²) in [6, 6.07) is 13.1. The van der Waals surface area contributed by atoms with Gasteiger partial charge in [-0.3, -0.25) is 4.98 Å². The van der Waals surface area contributed by atoms with Crippen molar-refractivity contribution in [1.82, 2.24) is 10.3 Å². The maximum atomic E-state index is 10.1. The molecule has 1 unspecified atom stereocenters. The Morgan fingerprint density at radius 2 is 1.80 bits per heavy atom. The van der Waals surface area contributed by atoms with Crippen molar-refractivity contribution < 1.29 is 5.11 Å². The van der Waals surface area contributed by atoms with Crippen molar-refractivity contribution in [2.24, 2.45) is 0 Å². The van der Waals surface area contributed by atoms with Gasteiger partial charge in [0.1, 0.15) is 0 Å². The summed E-state index contributed by atoms with van der Waals surface area (Å²) in [7, 11) is 0. The highest BCUT2D eigenvalue weighted by atomic mass is 16.3. The summed E-state index contributed by atoms with van der Waals surface area (Å²) in [5, 5.41) is 22.1. The summed E-state index contributed by atoms with van der Waals surface area (Å²) >= 11 is 0. The zero-order valence-corrected chi connectivity index (χ0v) is 11.3. The Balaban J connectivity index is 1.91. The number of aromatic nitrogens is 1. The predicted octanol–water partition coefficient (Wildman–Crippen LogP) is 2.34. The van der Waals surface area contributed by atoms with Gasteiger partial charge >= 0.3 is 0 Å². The average Bonchev–Trinajstić information content (AvgIpc) is 2.53. The first-order valence-corrected chi connectivity index (χ1v) is 6.52. The topological polar surface area (TPSA) is 68.9 Å². The lowest BCUT2D eigenvalue weighted by atomic mass is 10.1. The van der Waals surface area contributed by atoms with Crippen molar-refractivity contribution in [3.63, 3.8) is 0 Å². The van der Waals surface area contributed by atoms with Gasteiger partial charge in [0.2, 0.25) is 0 Å². The lowest BCUT2D eigenvalue weighted by Gasteiger charge is -2.17. The van der Waals surface area contributed by atoms with Crippen LogP contribution in [0, 0.1) is 11.3 Å². The minimum atomic E-state index is -0.591. The molecule has 4 heteroatoms. The number of nitrogens with one attached hydrogen (secondary N) is 1. The number of hydrogen-bond acceptors (Lipinski definition) is 4. The Hall–Kier alpha value is -2.22. The molecule has 0 spiro atoms. The number of aliphatic hydroxyl groups excluding tert-OH is 1. The van der Waals surface area contributed by atoms with Crippen LogP contribution in [0.25, 0.3) is 0 Å². The van der Waals surface area contributed by atoms with Gasteiger partial charge in [-0.1, -0.05) is 12.1 Å². The molecule has 0 amide bonds. The maximum absolute atomic E-state index is 10.1. The third-order valence-electron chi connectivity index (χ3n) is 3.25. The summed E-state index contributed by atoms with van der Waals surface area (Å²) in [5.41, 5.74) is 2.53. The summed E-state index contributed by atoms with van der Waals surface area (Å²) in [6.07, 6.45) is 2.92. The quantitative estimate of drug-likeness (QED) is 0.872. The fourth-order valence-corrected chi connectivity index (χ4v) is 1.96. The fourth-order valence-electron chi connectivity index (χ4n) is 1.96. The van der Waals surface area contributed by atoms with Crippen LogP contribution in [0.4, 0.5) is 0 Å². The number of aliphatic hydroxyl groups is 1. The summed E-state index contributed by atoms with van der Waals surface area (Å²) in [5.74, 6) is 0. The standard InChI is InChI=1S/C16H17N3O/c1-12(14-6-8-18-9-7-14)19-11-16(20)15-4-2-13(10-17)3-5-15/h2-9,12,16,19-20H,11H2,1H3/t12-,16?/m0/s1. The van der Waals surface area contributed by atoms with Crippen LogP contribution in [-0.2, 0) is 0 Å². The number of benzene rings is 1. The molecule has 2 aromatic rings. The number of rotatable bonds is 5. The van der Waals surface area contributed by atoms with E-state index in [2.05, 4.69) is 16.4 Å². The summed E-state index contributed by atoms with van der Waals surface area (Å²) < 4.78 is 0. The summed E-state index contributed by atoms with van der Waals surface area (Å²) in [4.78, 5) is 3.98. The second-order valence-corrected chi connectivity index (χ2v) is 4.66. The molecule has 0 saturated carbocycles. The van der Waals surface area contributed by atoms with E-state index in [1.165, 1.54) is 0 Å². The smallest absolute Gasteiger partial charge is 0.0991 e. The highest BCUT2D eigenvalue weighted by molar-refractivity contribution is 5.32. The van der Waals surface area contributed by atoms with Crippen molar-refractivity contribution >= 4 is 0 Å². The van der Waals surface area contributed by atoms with Gasteiger partial charge in [0.05, 0.1) is 17.7 Å². The lowest BCUT2D eigenvalue weighted by Crippen LogP contribution is -2.24. The molecule has 2 N–H and O–H groups in total. The van der Waals surface area contributed by atoms with Crippen LogP contribution in [0.1, 0.15) is 35.8 Å². The molecular formula is C16H17N3O. The van der Waals surface area contributed by atoms with E-state index < -0.39 is 6.10 Å². The van der Waals surface area contributed by atoms with E-state index in [9.17, 15) is 5.11 Å². The molecule has 2 atom stereocenters. The molecule has 102 valence electrons. The van der Waals surface area contributed by atoms with Gasteiger partial charge in [0.15, 0.2) is 0 Å². The van der Waals surface area contributed by atoms with Gasteiger partial charge in [0.25, 0.3) is 0 Å². The average molecular weight is 267 g/mol. The Kier molecular flexibility index (Phi) is 4.83. The Labute approximate surface area is 118 Å². The largest absolute Gasteiger partial charge is 0.387 e. The normalized spacial score (nSPS) is 13.4. The van der Waals surface area contributed by atoms with E-state index >= 15 is 0 Å². The van der Waals surface area contributed by atoms with Gasteiger partial charge in [0, 0.05) is 25.0 Å². The predicted molar refractivity (Wildman–Crippen MR) is 76.8 cm³/mol. The van der Waals surface area contributed by atoms with E-state index in [1.807, 2.05) is 19.1 Å². The van der Waals surface area contributed by atoms with Gasteiger partial charge in [-0.05, 0) is 42.3 Å². The van der Waals surface area contributed by atoms with Crippen molar-refractivity contribution in [3.05, 3.63) is 65.5 Å². The second-order valence-electron chi connectivity index (χ2n) is 4.66. The van der Waals surface area contributed by atoms with Crippen LogP contribution in [0.5, 0.6) is 0 Å². The first-order chi connectivity index (χ1) is 9.70. The van der Waals surface area contributed by atoms with E-state index in [-0.39, 0.29) is 6.04 Å². The van der Waals surface area contributed by atoms with E-state index in [0.717, 1.165) is 11.1 Å². The van der Waals surface area contributed by atoms with Crippen molar-refractivity contribution in [3.8, 4) is 6.07 Å². The molecule has 0 fully saturated rings. The number of nitriles is 1. The van der Waals surface area contributed by atoms with Gasteiger partial charge in [-0.25, -0.2) is 0 Å². The van der Waals surface area contributed by atoms with Gasteiger partial charge in [-0.2, -0.15) is 5.26 Å². The molecule has 4 nitrogen and oxygen atoms in total. The zero-order chi connectivity index (χ0) is 14.4. The second kappa shape index (κ2) is 6.80. The van der Waals surface area contributed by atoms with Gasteiger partial charge in [-0.15, -0.1) is 0 Å². The zero-order valence-electron chi connectivity index (χ0n) is 11.3. The third kappa shape index (κ3) is 3.64. The maximum Gasteiger partial charge on any atom is 0.0991 e. The molecule has 0 radical (unpaired) electrons. The first-order valence-electron chi connectivity index (χ1n) is 6.52. The molecule has 0 aliphatic heterocycles. The molecule has 1 heterocycles. The minimum absolute atomic E-state index is 0.144. The van der Waals surface area contributed by atoms with Crippen molar-refractivity contribution in [2.45, 2.75) is 19.1 Å². The highest BCUT2D eigenvalue weighted by Crippen LogP contribution is 2.15. The van der Waals surface area contributed by atoms with Crippen LogP contribution < -0.4 is 5.32 Å². The van der Waals surface area contributed by atoms with Crippen LogP contribution in [0.2, 0.25) is 0 Å². The van der Waals surface area contributed by atoms with E-state index in [4.69, 9.17) is 5.26 Å². The number of pyridine rings is 1. The van der Waals surface area contributed by atoms with Crippen molar-refractivity contribution in [1.29, 1.82) is 5.26 Å². The molecule has 0 aliphatic rings. The van der Waals surface area contributed by atoms with Crippen molar-refractivity contribution in [2.75, 3.05) is 6.54 Å². The molecular weight excluding hydrogens is 250 g/mol. The third-order valence-corrected chi connectivity index (χ3v) is 3.25. The molecule has 2 rings (SSSR count). The number of nitrogens with zero attached hydrogens (tertiary/aromatic N) is 2. The monoisotopic (exact) mass is 267 g/mol. The van der Waals surface area contributed by atoms with E-state index in [0.29, 0.717) is 12.1 Å². The lowest BCUT2D eigenvalue weighted by molar-refractivity contribution is 0.171. The fraction of sp³-hybridized carbons (Fsp3) is 0.250. The van der Waals surface area contributed by atoms with Crippen LogP contribution in [-0.4, -0.2) is 16.6 Å². The molecule has 0 saturated heterocycles. The van der Waals surface area contributed by atoms with Crippen LogP contribution in [0.15, 0.2) is 48.8 Å². The first kappa shape index (κ1) is 14.2. The molecule has 0 aliphatic carbocycles. The molecule has 0 bridgehead atoms. The Morgan fingerprint density at radius 1 is 1.15 bits per heavy atom. The SMILES string of the molecule is C[C@H](NCC(O)c1ccc(C#N)cc1)c1ccncc1. The van der Waals surface area contributed by atoms with Gasteiger partial charge < -0.3 is 10.4 Å². The molecule has 20 heavy (non-hydrogen) atoms. The minimum Gasteiger partial charge on any atom is -0.387 e. The molecule has 1 aromatic heterocycles. The summed E-state index contributed by atoms with van der Waals surface area (Å²) in [6.45, 7) is 2.50. The Morgan fingerprint density at radius 3 is 2.40 bits per heavy atom. The van der Waals surface area contributed by atoms with Crippen LogP contribution in [0.3, 0.4) is 0 Å². The number of hydrogen-bond donors (Lipinski definition) is 2. The Bertz CT molecular complexity index is 575.